The van der Waals surface area contributed by atoms with E-state index in [4.69, 9.17) is 16.3 Å². The topological polar surface area (TPSA) is 76.1 Å². The van der Waals surface area contributed by atoms with E-state index in [1.165, 1.54) is 13.2 Å². The molecule has 0 aliphatic carbocycles. The lowest BCUT2D eigenvalue weighted by Crippen LogP contribution is -2.38. The van der Waals surface area contributed by atoms with Crippen molar-refractivity contribution in [1.82, 2.24) is 15.3 Å². The minimum absolute atomic E-state index is 0.0614. The minimum Gasteiger partial charge on any atom is -0.481 e. The number of carbonyl (C=O) groups excluding carboxylic acids is 1. The Morgan fingerprint density at radius 1 is 1.60 bits per heavy atom. The zero-order valence-corrected chi connectivity index (χ0v) is 12.5. The lowest BCUT2D eigenvalue weighted by Gasteiger charge is -2.25. The lowest BCUT2D eigenvalue weighted by molar-refractivity contribution is -0.125. The van der Waals surface area contributed by atoms with Crippen molar-refractivity contribution in [2.75, 3.05) is 25.5 Å². The molecule has 0 aromatic carbocycles. The maximum absolute atomic E-state index is 12.5. The Morgan fingerprint density at radius 3 is 3.00 bits per heavy atom. The highest BCUT2D eigenvalue weighted by atomic mass is 35.5. The van der Waals surface area contributed by atoms with Crippen molar-refractivity contribution in [3.63, 3.8) is 0 Å². The molecule has 1 atom stereocenters. The smallest absolute Gasteiger partial charge is 0.234 e. The van der Waals surface area contributed by atoms with Gasteiger partial charge in [-0.3, -0.25) is 10.1 Å². The van der Waals surface area contributed by atoms with Gasteiger partial charge in [-0.05, 0) is 19.4 Å². The number of halogens is 1. The number of anilines is 1. The van der Waals surface area contributed by atoms with Gasteiger partial charge in [-0.25, -0.2) is 4.98 Å². The molecule has 0 spiro atoms. The van der Waals surface area contributed by atoms with Crippen LogP contribution in [0.1, 0.15) is 26.2 Å². The maximum Gasteiger partial charge on any atom is 0.234 e. The number of hydrogen-bond donors (Lipinski definition) is 2. The van der Waals surface area contributed by atoms with E-state index < -0.39 is 0 Å². The van der Waals surface area contributed by atoms with Crippen LogP contribution in [0.2, 0.25) is 5.15 Å². The SMILES string of the molecule is CCCC1(C(=O)Nc2nc(Cl)cc(OC)n2)CCNC1. The molecular formula is C13H19ClN4O2. The first-order valence-electron chi connectivity index (χ1n) is 6.70. The van der Waals surface area contributed by atoms with E-state index in [1.807, 2.05) is 0 Å². The number of amides is 1. The summed E-state index contributed by atoms with van der Waals surface area (Å²) in [7, 11) is 1.49. The Bertz CT molecular complexity index is 489. The second-order valence-electron chi connectivity index (χ2n) is 4.97. The van der Waals surface area contributed by atoms with Crippen LogP contribution in [-0.2, 0) is 4.79 Å². The molecule has 2 rings (SSSR count). The summed E-state index contributed by atoms with van der Waals surface area (Å²) in [5.41, 5.74) is -0.381. The highest BCUT2D eigenvalue weighted by Gasteiger charge is 2.40. The summed E-state index contributed by atoms with van der Waals surface area (Å²) in [6.07, 6.45) is 2.61. The third-order valence-electron chi connectivity index (χ3n) is 3.56. The highest BCUT2D eigenvalue weighted by molar-refractivity contribution is 6.29. The fourth-order valence-corrected chi connectivity index (χ4v) is 2.71. The monoisotopic (exact) mass is 298 g/mol. The number of nitrogens with zero attached hydrogens (tertiary/aromatic N) is 2. The third kappa shape index (κ3) is 3.19. The molecule has 1 amide bonds. The summed E-state index contributed by atoms with van der Waals surface area (Å²) in [4.78, 5) is 20.6. The van der Waals surface area contributed by atoms with Crippen molar-refractivity contribution >= 4 is 23.5 Å². The van der Waals surface area contributed by atoms with Crippen LogP contribution in [0.4, 0.5) is 5.95 Å². The fraction of sp³-hybridized carbons (Fsp3) is 0.615. The van der Waals surface area contributed by atoms with E-state index >= 15 is 0 Å². The van der Waals surface area contributed by atoms with E-state index in [9.17, 15) is 4.79 Å². The number of methoxy groups -OCH3 is 1. The number of hydrogen-bond acceptors (Lipinski definition) is 5. The Labute approximate surface area is 123 Å². The van der Waals surface area contributed by atoms with Crippen molar-refractivity contribution in [2.24, 2.45) is 5.41 Å². The van der Waals surface area contributed by atoms with Crippen LogP contribution in [-0.4, -0.2) is 36.1 Å². The number of rotatable bonds is 5. The molecule has 6 nitrogen and oxygen atoms in total. The molecule has 1 fully saturated rings. The second-order valence-corrected chi connectivity index (χ2v) is 5.36. The van der Waals surface area contributed by atoms with E-state index in [0.29, 0.717) is 12.4 Å². The molecule has 1 aliphatic rings. The van der Waals surface area contributed by atoms with Crippen molar-refractivity contribution in [2.45, 2.75) is 26.2 Å². The van der Waals surface area contributed by atoms with Gasteiger partial charge in [0.1, 0.15) is 5.15 Å². The maximum atomic E-state index is 12.5. The first-order chi connectivity index (χ1) is 9.59. The largest absolute Gasteiger partial charge is 0.481 e. The van der Waals surface area contributed by atoms with Crippen LogP contribution in [0, 0.1) is 5.41 Å². The number of nitrogens with one attached hydrogen (secondary N) is 2. The third-order valence-corrected chi connectivity index (χ3v) is 3.75. The van der Waals surface area contributed by atoms with Crippen LogP contribution in [0.15, 0.2) is 6.07 Å². The second kappa shape index (κ2) is 6.37. The molecule has 1 aromatic heterocycles. The zero-order valence-electron chi connectivity index (χ0n) is 11.7. The predicted molar refractivity (Wildman–Crippen MR) is 77.1 cm³/mol. The lowest BCUT2D eigenvalue weighted by atomic mass is 9.81. The van der Waals surface area contributed by atoms with Crippen molar-refractivity contribution in [3.05, 3.63) is 11.2 Å². The summed E-state index contributed by atoms with van der Waals surface area (Å²) < 4.78 is 5.02. The normalized spacial score (nSPS) is 21.8. The molecule has 1 aliphatic heterocycles. The summed E-state index contributed by atoms with van der Waals surface area (Å²) in [6, 6.07) is 1.50. The Morgan fingerprint density at radius 2 is 2.40 bits per heavy atom. The molecular weight excluding hydrogens is 280 g/mol. The van der Waals surface area contributed by atoms with Gasteiger partial charge in [-0.1, -0.05) is 24.9 Å². The summed E-state index contributed by atoms with van der Waals surface area (Å²) >= 11 is 5.87. The standard InChI is InChI=1S/C13H19ClN4O2/c1-3-4-13(5-6-15-8-13)11(19)18-12-16-9(14)7-10(17-12)20-2/h7,15H,3-6,8H2,1-2H3,(H,16,17,18,19). The number of carbonyl (C=O) groups is 1. The van der Waals surface area contributed by atoms with Crippen LogP contribution < -0.4 is 15.4 Å². The molecule has 110 valence electrons. The molecule has 1 unspecified atom stereocenters. The van der Waals surface area contributed by atoms with Crippen molar-refractivity contribution in [3.8, 4) is 5.88 Å². The zero-order chi connectivity index (χ0) is 14.6. The first-order valence-corrected chi connectivity index (χ1v) is 7.08. The van der Waals surface area contributed by atoms with Gasteiger partial charge in [0.25, 0.3) is 0 Å². The highest BCUT2D eigenvalue weighted by Crippen LogP contribution is 2.32. The Balaban J connectivity index is 2.16. The average Bonchev–Trinajstić information content (AvgIpc) is 2.88. The van der Waals surface area contributed by atoms with Gasteiger partial charge in [0.2, 0.25) is 17.7 Å². The average molecular weight is 299 g/mol. The molecule has 7 heteroatoms. The van der Waals surface area contributed by atoms with E-state index in [1.54, 1.807) is 0 Å². The Kier molecular flexibility index (Phi) is 4.77. The summed E-state index contributed by atoms with van der Waals surface area (Å²) in [5, 5.41) is 6.24. The van der Waals surface area contributed by atoms with Gasteiger partial charge in [0, 0.05) is 12.6 Å². The van der Waals surface area contributed by atoms with Gasteiger partial charge in [-0.2, -0.15) is 4.98 Å². The molecule has 2 N–H and O–H groups in total. The molecule has 0 saturated carbocycles. The van der Waals surface area contributed by atoms with Crippen LogP contribution >= 0.6 is 11.6 Å². The molecule has 1 aromatic rings. The summed E-state index contributed by atoms with van der Waals surface area (Å²) in [6.45, 7) is 3.61. The molecule has 0 bridgehead atoms. The molecule has 2 heterocycles. The van der Waals surface area contributed by atoms with Gasteiger partial charge in [-0.15, -0.1) is 0 Å². The molecule has 0 radical (unpaired) electrons. The summed E-state index contributed by atoms with van der Waals surface area (Å²) in [5.74, 6) is 0.449. The fourth-order valence-electron chi connectivity index (χ4n) is 2.53. The van der Waals surface area contributed by atoms with Gasteiger partial charge in [0.05, 0.1) is 12.5 Å². The van der Waals surface area contributed by atoms with Gasteiger partial charge >= 0.3 is 0 Å². The van der Waals surface area contributed by atoms with E-state index in [2.05, 4.69) is 27.5 Å². The van der Waals surface area contributed by atoms with Gasteiger partial charge < -0.3 is 10.1 Å². The first kappa shape index (κ1) is 15.0. The van der Waals surface area contributed by atoms with Crippen molar-refractivity contribution in [1.29, 1.82) is 0 Å². The minimum atomic E-state index is -0.381. The van der Waals surface area contributed by atoms with Crippen LogP contribution in [0.5, 0.6) is 5.88 Å². The van der Waals surface area contributed by atoms with Crippen molar-refractivity contribution < 1.29 is 9.53 Å². The van der Waals surface area contributed by atoms with Crippen LogP contribution in [0.25, 0.3) is 0 Å². The molecule has 1 saturated heterocycles. The Hall–Kier alpha value is -1.40. The predicted octanol–water partition coefficient (Wildman–Crippen LogP) is 1.86. The number of aromatic nitrogens is 2. The number of ether oxygens (including phenoxy) is 1. The quantitative estimate of drug-likeness (QED) is 0.812. The van der Waals surface area contributed by atoms with Crippen LogP contribution in [0.3, 0.4) is 0 Å². The molecule has 20 heavy (non-hydrogen) atoms. The van der Waals surface area contributed by atoms with E-state index in [-0.39, 0.29) is 22.4 Å². The van der Waals surface area contributed by atoms with E-state index in [0.717, 1.165) is 25.8 Å². The van der Waals surface area contributed by atoms with Gasteiger partial charge in [0.15, 0.2) is 0 Å².